The molecule has 0 radical (unpaired) electrons. The van der Waals surface area contributed by atoms with Gasteiger partial charge in [-0.15, -0.1) is 11.8 Å². The molecule has 1 aliphatic rings. The van der Waals surface area contributed by atoms with Gasteiger partial charge in [0.2, 0.25) is 5.91 Å². The summed E-state index contributed by atoms with van der Waals surface area (Å²) in [5.41, 5.74) is 0. The highest BCUT2D eigenvalue weighted by Crippen LogP contribution is 2.24. The van der Waals surface area contributed by atoms with Crippen molar-refractivity contribution in [1.82, 2.24) is 4.90 Å². The molecule has 0 aromatic carbocycles. The molecule has 1 amide bonds. The number of hydrogen-bond acceptors (Lipinski definition) is 3. The first-order chi connectivity index (χ1) is 7.41. The van der Waals surface area contributed by atoms with Gasteiger partial charge in [0, 0.05) is 13.1 Å². The van der Waals surface area contributed by atoms with Gasteiger partial charge in [-0.2, -0.15) is 0 Å². The van der Waals surface area contributed by atoms with Crippen LogP contribution in [0.1, 0.15) is 20.8 Å². The van der Waals surface area contributed by atoms with Gasteiger partial charge in [0.15, 0.2) is 0 Å². The average molecular weight is 245 g/mol. The van der Waals surface area contributed by atoms with Gasteiger partial charge >= 0.3 is 5.97 Å². The van der Waals surface area contributed by atoms with Crippen LogP contribution in [0.3, 0.4) is 0 Å². The fraction of sp³-hybridized carbons (Fsp3) is 0.818. The van der Waals surface area contributed by atoms with Crippen LogP contribution < -0.4 is 0 Å². The van der Waals surface area contributed by atoms with Crippen molar-refractivity contribution in [3.63, 3.8) is 0 Å². The number of carbonyl (C=O) groups is 2. The van der Waals surface area contributed by atoms with Crippen molar-refractivity contribution >= 4 is 23.6 Å². The summed E-state index contributed by atoms with van der Waals surface area (Å²) in [5.74, 6) is -0.608. The van der Waals surface area contributed by atoms with Crippen molar-refractivity contribution in [3.8, 4) is 0 Å². The molecule has 1 heterocycles. The van der Waals surface area contributed by atoms with E-state index in [1.54, 1.807) is 16.7 Å². The van der Waals surface area contributed by atoms with Crippen molar-refractivity contribution in [2.24, 2.45) is 11.8 Å². The van der Waals surface area contributed by atoms with Gasteiger partial charge in [-0.1, -0.05) is 20.8 Å². The average Bonchev–Trinajstić information content (AvgIpc) is 2.56. The summed E-state index contributed by atoms with van der Waals surface area (Å²) < 4.78 is 0. The van der Waals surface area contributed by atoms with Crippen LogP contribution in [0, 0.1) is 11.8 Å². The Morgan fingerprint density at radius 1 is 1.44 bits per heavy atom. The van der Waals surface area contributed by atoms with Gasteiger partial charge in [-0.3, -0.25) is 9.59 Å². The second-order valence-corrected chi connectivity index (χ2v) is 6.15. The van der Waals surface area contributed by atoms with E-state index in [0.29, 0.717) is 24.1 Å². The third-order valence-corrected chi connectivity index (χ3v) is 3.90. The molecule has 0 aromatic rings. The maximum atomic E-state index is 11.8. The zero-order valence-corrected chi connectivity index (χ0v) is 10.8. The molecule has 0 aromatic heterocycles. The molecule has 1 rings (SSSR count). The molecule has 5 heteroatoms. The number of carboxylic acid groups (broad SMARTS) is 1. The zero-order chi connectivity index (χ0) is 12.3. The molecule has 2 unspecified atom stereocenters. The van der Waals surface area contributed by atoms with Gasteiger partial charge in [-0.05, 0) is 11.2 Å². The lowest BCUT2D eigenvalue weighted by molar-refractivity contribution is -0.142. The van der Waals surface area contributed by atoms with E-state index in [1.807, 2.05) is 20.8 Å². The number of rotatable bonds is 4. The van der Waals surface area contributed by atoms with Gasteiger partial charge < -0.3 is 10.0 Å². The summed E-state index contributed by atoms with van der Waals surface area (Å²) in [6, 6.07) is 0. The van der Waals surface area contributed by atoms with E-state index in [9.17, 15) is 9.59 Å². The predicted molar refractivity (Wildman–Crippen MR) is 64.5 cm³/mol. The van der Waals surface area contributed by atoms with Gasteiger partial charge in [0.05, 0.1) is 11.7 Å². The van der Waals surface area contributed by atoms with Crippen LogP contribution in [0.4, 0.5) is 0 Å². The normalized spacial score (nSPS) is 25.1. The summed E-state index contributed by atoms with van der Waals surface area (Å²) in [7, 11) is 0. The summed E-state index contributed by atoms with van der Waals surface area (Å²) in [6.45, 7) is 6.93. The number of amides is 1. The first-order valence-electron chi connectivity index (χ1n) is 5.54. The van der Waals surface area contributed by atoms with Crippen LogP contribution in [0.5, 0.6) is 0 Å². The van der Waals surface area contributed by atoms with Gasteiger partial charge in [0.1, 0.15) is 0 Å². The predicted octanol–water partition coefficient (Wildman–Crippen LogP) is 1.31. The number of hydrogen-bond donors (Lipinski definition) is 1. The summed E-state index contributed by atoms with van der Waals surface area (Å²) in [6.07, 6.45) is 0. The van der Waals surface area contributed by atoms with Crippen molar-refractivity contribution in [2.75, 3.05) is 18.8 Å². The number of aliphatic carboxylic acids is 1. The second-order valence-electron chi connectivity index (χ2n) is 4.58. The lowest BCUT2D eigenvalue weighted by Crippen LogP contribution is -2.31. The van der Waals surface area contributed by atoms with Crippen molar-refractivity contribution in [1.29, 1.82) is 0 Å². The van der Waals surface area contributed by atoms with Crippen LogP contribution in [-0.2, 0) is 9.59 Å². The minimum atomic E-state index is -0.792. The molecule has 1 aliphatic heterocycles. The molecule has 1 N–H and O–H groups in total. The zero-order valence-electron chi connectivity index (χ0n) is 9.97. The number of carboxylic acids is 1. The number of nitrogens with zero attached hydrogens (tertiary/aromatic N) is 1. The van der Waals surface area contributed by atoms with Crippen molar-refractivity contribution in [3.05, 3.63) is 0 Å². The van der Waals surface area contributed by atoms with Crippen LogP contribution in [0.2, 0.25) is 0 Å². The van der Waals surface area contributed by atoms with Crippen LogP contribution in [0.25, 0.3) is 0 Å². The molecular formula is C11H19NO3S. The van der Waals surface area contributed by atoms with Crippen molar-refractivity contribution < 1.29 is 14.7 Å². The Morgan fingerprint density at radius 3 is 2.50 bits per heavy atom. The molecule has 1 saturated heterocycles. The maximum Gasteiger partial charge on any atom is 0.308 e. The standard InChI is InChI=1S/C11H19NO3S/c1-7(2)16-6-10(13)12-4-8(3)9(5-12)11(14)15/h7-9H,4-6H2,1-3H3,(H,14,15). The Bertz CT molecular complexity index is 280. The van der Waals surface area contributed by atoms with E-state index in [0.717, 1.165) is 0 Å². The van der Waals surface area contributed by atoms with Crippen LogP contribution >= 0.6 is 11.8 Å². The lowest BCUT2D eigenvalue weighted by atomic mass is 9.99. The molecule has 1 fully saturated rings. The second kappa shape index (κ2) is 5.57. The summed E-state index contributed by atoms with van der Waals surface area (Å²) in [4.78, 5) is 24.4. The Morgan fingerprint density at radius 2 is 2.06 bits per heavy atom. The molecular weight excluding hydrogens is 226 g/mol. The summed E-state index contributed by atoms with van der Waals surface area (Å²) in [5, 5.41) is 9.39. The van der Waals surface area contributed by atoms with E-state index in [2.05, 4.69) is 0 Å². The highest BCUT2D eigenvalue weighted by molar-refractivity contribution is 8.00. The first-order valence-corrected chi connectivity index (χ1v) is 6.59. The number of thioether (sulfide) groups is 1. The molecule has 0 saturated carbocycles. The Kier molecular flexibility index (Phi) is 4.65. The monoisotopic (exact) mass is 245 g/mol. The minimum absolute atomic E-state index is 0.0606. The number of likely N-dealkylation sites (tertiary alicyclic amines) is 1. The smallest absolute Gasteiger partial charge is 0.308 e. The fourth-order valence-electron chi connectivity index (χ4n) is 1.82. The van der Waals surface area contributed by atoms with Crippen molar-refractivity contribution in [2.45, 2.75) is 26.0 Å². The highest BCUT2D eigenvalue weighted by atomic mass is 32.2. The largest absolute Gasteiger partial charge is 0.481 e. The topological polar surface area (TPSA) is 57.6 Å². The molecule has 0 spiro atoms. The van der Waals surface area contributed by atoms with E-state index in [4.69, 9.17) is 5.11 Å². The van der Waals surface area contributed by atoms with Gasteiger partial charge in [-0.25, -0.2) is 0 Å². The molecule has 0 aliphatic carbocycles. The first kappa shape index (κ1) is 13.4. The van der Waals surface area contributed by atoms with Crippen LogP contribution in [0.15, 0.2) is 0 Å². The molecule has 2 atom stereocenters. The van der Waals surface area contributed by atoms with Crippen LogP contribution in [-0.4, -0.2) is 46.0 Å². The molecule has 16 heavy (non-hydrogen) atoms. The highest BCUT2D eigenvalue weighted by Gasteiger charge is 2.36. The minimum Gasteiger partial charge on any atom is -0.481 e. The Labute approximate surface area is 100 Å². The maximum absolute atomic E-state index is 11.8. The van der Waals surface area contributed by atoms with E-state index in [-0.39, 0.29) is 11.8 Å². The third kappa shape index (κ3) is 3.40. The van der Waals surface area contributed by atoms with E-state index in [1.165, 1.54) is 0 Å². The molecule has 92 valence electrons. The van der Waals surface area contributed by atoms with E-state index >= 15 is 0 Å². The Hall–Kier alpha value is -0.710. The lowest BCUT2D eigenvalue weighted by Gasteiger charge is -2.16. The SMILES string of the molecule is CC(C)SCC(=O)N1CC(C)C(C(=O)O)C1. The Balaban J connectivity index is 2.45. The molecule has 4 nitrogen and oxygen atoms in total. The third-order valence-electron chi connectivity index (χ3n) is 2.82. The van der Waals surface area contributed by atoms with E-state index < -0.39 is 11.9 Å². The summed E-state index contributed by atoms with van der Waals surface area (Å²) >= 11 is 1.60. The quantitative estimate of drug-likeness (QED) is 0.811. The molecule has 0 bridgehead atoms. The number of carbonyl (C=O) groups excluding carboxylic acids is 1. The fourth-order valence-corrected chi connectivity index (χ4v) is 2.48. The van der Waals surface area contributed by atoms with Gasteiger partial charge in [0.25, 0.3) is 0 Å².